The van der Waals surface area contributed by atoms with Crippen molar-refractivity contribution in [3.8, 4) is 72.4 Å². The van der Waals surface area contributed by atoms with E-state index in [0.717, 1.165) is 119 Å². The lowest BCUT2D eigenvalue weighted by molar-refractivity contribution is 0.0900. The molecule has 4 bridgehead atoms. The molecule has 7 heterocycles. The summed E-state index contributed by atoms with van der Waals surface area (Å²) >= 11 is 0. The Hall–Kier alpha value is -14.3. The molecule has 2 aliphatic carbocycles. The highest BCUT2D eigenvalue weighted by Crippen LogP contribution is 2.59. The number of anilines is 13. The molecule has 0 N–H and O–H groups in total. The Morgan fingerprint density at radius 3 is 0.891 bits per heavy atom. The van der Waals surface area contributed by atoms with E-state index < -0.39 is 0 Å². The van der Waals surface area contributed by atoms with Crippen LogP contribution in [-0.4, -0.2) is 30.1 Å². The van der Waals surface area contributed by atoms with E-state index in [2.05, 4.69) is 429 Å². The zero-order valence-corrected chi connectivity index (χ0v) is 65.8. The fraction of sp³-hybridized carbons (Fsp3) is 0.0811. The third-order valence-corrected chi connectivity index (χ3v) is 27.4. The molecule has 0 unspecified atom stereocenters. The number of rotatable bonds is 12. The molecule has 8 heteroatoms. The SMILES string of the molecule is c1ccc(-c2cccc(-c3ccccc3)c2N2c3ccccc3B3c4cc5c(cc4N(c4ccccc4)c4cc(-n6c7ccccc7c7ccccc76)cc2c43)N(c2c(-c3ccccc3)cccc2-c2ccccc2)c2cc(N3C4CC6CC(C4)CC3C6)cc3c2B5c2ccccc2N3c2c(-c3ccccc3)cccc2-c2ccccc2)cc1. The van der Waals surface area contributed by atoms with Gasteiger partial charge < -0.3 is 29.1 Å². The lowest BCUT2D eigenvalue weighted by Crippen LogP contribution is -2.65. The van der Waals surface area contributed by atoms with Crippen molar-refractivity contribution in [3.63, 3.8) is 0 Å². The molecule has 0 atom stereocenters. The molecular formula is C111H80B2N6. The summed E-state index contributed by atoms with van der Waals surface area (Å²) in [5, 5.41) is 2.43. The zero-order chi connectivity index (χ0) is 77.9. The van der Waals surface area contributed by atoms with E-state index in [1.165, 1.54) is 126 Å². The van der Waals surface area contributed by atoms with Crippen LogP contribution in [0.1, 0.15) is 32.1 Å². The summed E-state index contributed by atoms with van der Waals surface area (Å²) in [6.07, 6.45) is 6.27. The number of hydrogen-bond donors (Lipinski definition) is 0. The van der Waals surface area contributed by atoms with Crippen molar-refractivity contribution in [2.24, 2.45) is 11.8 Å². The molecule has 18 aromatic rings. The molecule has 6 aliphatic heterocycles. The molecule has 119 heavy (non-hydrogen) atoms. The average molecular weight is 1520 g/mol. The van der Waals surface area contributed by atoms with Crippen LogP contribution in [0.15, 0.2) is 400 Å². The van der Waals surface area contributed by atoms with Crippen LogP contribution in [0.2, 0.25) is 0 Å². The molecule has 6 nitrogen and oxygen atoms in total. The van der Waals surface area contributed by atoms with Gasteiger partial charge in [0.2, 0.25) is 0 Å². The minimum Gasteiger partial charge on any atom is -0.365 e. The third kappa shape index (κ3) is 10.5. The highest BCUT2D eigenvalue weighted by molar-refractivity contribution is 7.03. The van der Waals surface area contributed by atoms with Crippen molar-refractivity contribution in [1.82, 2.24) is 4.57 Å². The van der Waals surface area contributed by atoms with E-state index in [4.69, 9.17) is 0 Å². The molecule has 17 aromatic carbocycles. The lowest BCUT2D eigenvalue weighted by atomic mass is 9.30. The molecule has 0 spiro atoms. The number of piperidine rings is 2. The van der Waals surface area contributed by atoms with Gasteiger partial charge in [-0.1, -0.05) is 334 Å². The zero-order valence-electron chi connectivity index (χ0n) is 65.8. The van der Waals surface area contributed by atoms with Crippen molar-refractivity contribution in [2.45, 2.75) is 44.2 Å². The molecule has 1 aromatic heterocycles. The van der Waals surface area contributed by atoms with Crippen LogP contribution in [0.3, 0.4) is 0 Å². The van der Waals surface area contributed by atoms with Gasteiger partial charge in [0.15, 0.2) is 0 Å². The molecule has 2 saturated carbocycles. The Bertz CT molecular complexity index is 6840. The molecule has 2 saturated heterocycles. The number of aromatic nitrogens is 1. The van der Waals surface area contributed by atoms with Gasteiger partial charge in [-0.05, 0) is 177 Å². The molecule has 26 rings (SSSR count). The van der Waals surface area contributed by atoms with E-state index in [1.54, 1.807) is 0 Å². The van der Waals surface area contributed by atoms with Crippen molar-refractivity contribution >= 4 is 142 Å². The van der Waals surface area contributed by atoms with Crippen LogP contribution in [0.5, 0.6) is 0 Å². The first-order valence-corrected chi connectivity index (χ1v) is 42.5. The minimum atomic E-state index is -0.275. The van der Waals surface area contributed by atoms with Crippen molar-refractivity contribution in [1.29, 1.82) is 0 Å². The maximum Gasteiger partial charge on any atom is 0.252 e. The van der Waals surface area contributed by atoms with Crippen molar-refractivity contribution in [2.75, 3.05) is 24.5 Å². The second-order valence-electron chi connectivity index (χ2n) is 33.7. The van der Waals surface area contributed by atoms with E-state index in [9.17, 15) is 0 Å². The van der Waals surface area contributed by atoms with Crippen LogP contribution in [0.25, 0.3) is 94.3 Å². The van der Waals surface area contributed by atoms with Gasteiger partial charge in [0.1, 0.15) is 0 Å². The Labute approximate surface area is 695 Å². The average Bonchev–Trinajstić information content (AvgIpc) is 1.30. The largest absolute Gasteiger partial charge is 0.365 e. The first kappa shape index (κ1) is 67.9. The fourth-order valence-corrected chi connectivity index (χ4v) is 22.8. The van der Waals surface area contributed by atoms with Gasteiger partial charge in [-0.2, -0.15) is 0 Å². The molecule has 4 fully saturated rings. The summed E-state index contributed by atoms with van der Waals surface area (Å²) in [6, 6.07) is 153. The molecular weight excluding hydrogens is 1440 g/mol. The second kappa shape index (κ2) is 27.1. The first-order valence-electron chi connectivity index (χ1n) is 42.5. The van der Waals surface area contributed by atoms with Crippen molar-refractivity contribution in [3.05, 3.63) is 400 Å². The Morgan fingerprint density at radius 1 is 0.210 bits per heavy atom. The monoisotopic (exact) mass is 1520 g/mol. The fourth-order valence-electron chi connectivity index (χ4n) is 22.8. The number of para-hydroxylation sites is 8. The minimum absolute atomic E-state index is 0.259. The van der Waals surface area contributed by atoms with Gasteiger partial charge in [0.05, 0.1) is 33.8 Å². The van der Waals surface area contributed by atoms with Gasteiger partial charge in [0, 0.05) is 113 Å². The highest BCUT2D eigenvalue weighted by Gasteiger charge is 2.52. The predicted octanol–water partition coefficient (Wildman–Crippen LogP) is 24.7. The molecule has 0 radical (unpaired) electrons. The number of hydrogen-bond acceptors (Lipinski definition) is 5. The summed E-state index contributed by atoms with van der Waals surface area (Å²) in [6.45, 7) is -0.534. The van der Waals surface area contributed by atoms with Crippen molar-refractivity contribution < 1.29 is 0 Å². The first-order chi connectivity index (χ1) is 59.1. The Balaban J connectivity index is 0.840. The standard InChI is InChI=1S/C111H80B2N6/c1-8-33-74(34-9-1)85-49-30-50-86(75-35-10-2-11-36-75)109(85)117-100-60-29-25-56-94(100)113-96-70-95-101(71-102(96)119(111-89(78-41-16-5-17-42-78)53-32-54-90(111)79-43-18-6-19-44-79)106-67-83(66-104(117)108(106)113)114-81-62-72-61-73(64-81)65-82(114)63-72)115(80-45-20-7-21-46-80)103-68-84(116-97-57-26-22-47-91(97)92-48-23-27-58-98(92)116)69-105-107(103)112(95)93-55-24-28-59-99(93)118(105)110-87(76-37-12-3-13-38-76)51-31-52-88(110)77-39-14-4-15-40-77/h1-60,66-73,81-82H,61-65H2. The normalized spacial score (nSPS) is 16.8. The van der Waals surface area contributed by atoms with E-state index in [-0.39, 0.29) is 13.4 Å². The smallest absolute Gasteiger partial charge is 0.252 e. The number of benzene rings is 17. The Morgan fingerprint density at radius 2 is 0.513 bits per heavy atom. The highest BCUT2D eigenvalue weighted by atomic mass is 15.3. The summed E-state index contributed by atoms with van der Waals surface area (Å²) in [7, 11) is 0. The van der Waals surface area contributed by atoms with E-state index in [1.807, 2.05) is 0 Å². The third-order valence-electron chi connectivity index (χ3n) is 27.4. The molecule has 560 valence electrons. The van der Waals surface area contributed by atoms with E-state index in [0.29, 0.717) is 12.1 Å². The molecule has 0 amide bonds. The van der Waals surface area contributed by atoms with Gasteiger partial charge in [-0.3, -0.25) is 0 Å². The second-order valence-corrected chi connectivity index (χ2v) is 33.7. The summed E-state index contributed by atoms with van der Waals surface area (Å²) < 4.78 is 2.55. The van der Waals surface area contributed by atoms with Crippen LogP contribution < -0.4 is 57.3 Å². The van der Waals surface area contributed by atoms with E-state index >= 15 is 0 Å². The van der Waals surface area contributed by atoms with Gasteiger partial charge >= 0.3 is 0 Å². The van der Waals surface area contributed by atoms with Gasteiger partial charge in [0.25, 0.3) is 13.4 Å². The Kier molecular flexibility index (Phi) is 15.5. The van der Waals surface area contributed by atoms with Gasteiger partial charge in [-0.25, -0.2) is 0 Å². The quantitative estimate of drug-likeness (QED) is 0.113. The van der Waals surface area contributed by atoms with Crippen LogP contribution in [0, 0.1) is 11.8 Å². The summed E-state index contributed by atoms with van der Waals surface area (Å²) in [5.74, 6) is 1.51. The number of nitrogens with zero attached hydrogens (tertiary/aromatic N) is 6. The van der Waals surface area contributed by atoms with Crippen LogP contribution in [-0.2, 0) is 0 Å². The van der Waals surface area contributed by atoms with Crippen LogP contribution >= 0.6 is 0 Å². The molecule has 8 aliphatic rings. The summed E-state index contributed by atoms with van der Waals surface area (Å²) in [5.41, 5.74) is 40.0. The topological polar surface area (TPSA) is 21.1 Å². The number of fused-ring (bicyclic) bond motifs is 11. The lowest BCUT2D eigenvalue weighted by Gasteiger charge is -2.58. The van der Waals surface area contributed by atoms with Gasteiger partial charge in [-0.15, -0.1) is 0 Å². The van der Waals surface area contributed by atoms with Crippen LogP contribution in [0.4, 0.5) is 73.9 Å². The summed E-state index contributed by atoms with van der Waals surface area (Å²) in [4.78, 5) is 13.9. The maximum absolute atomic E-state index is 2.96. The maximum atomic E-state index is 2.96. The predicted molar refractivity (Wildman–Crippen MR) is 502 cm³/mol.